The number of nitrogens with zero attached hydrogens (tertiary/aromatic N) is 1. The van der Waals surface area contributed by atoms with Crippen LogP contribution in [0.15, 0.2) is 18.2 Å². The summed E-state index contributed by atoms with van der Waals surface area (Å²) in [7, 11) is 0. The summed E-state index contributed by atoms with van der Waals surface area (Å²) < 4.78 is 0. The van der Waals surface area contributed by atoms with Crippen LogP contribution in [0.5, 0.6) is 0 Å². The number of hydrogen-bond acceptors (Lipinski definition) is 2. The minimum atomic E-state index is -0.138. The summed E-state index contributed by atoms with van der Waals surface area (Å²) >= 11 is 0. The van der Waals surface area contributed by atoms with Crippen molar-refractivity contribution in [1.82, 2.24) is 0 Å². The molecule has 0 saturated carbocycles. The minimum Gasteiger partial charge on any atom is -0.370 e. The van der Waals surface area contributed by atoms with E-state index in [0.717, 1.165) is 5.69 Å². The maximum atomic E-state index is 8.64. The first kappa shape index (κ1) is 9.60. The van der Waals surface area contributed by atoms with Crippen LogP contribution in [0.2, 0.25) is 0 Å². The van der Waals surface area contributed by atoms with E-state index in [1.165, 1.54) is 11.1 Å². The van der Waals surface area contributed by atoms with E-state index in [9.17, 15) is 0 Å². The molecule has 1 unspecified atom stereocenters. The van der Waals surface area contributed by atoms with Crippen molar-refractivity contribution in [3.8, 4) is 6.07 Å². The summed E-state index contributed by atoms with van der Waals surface area (Å²) in [4.78, 5) is 0. The highest BCUT2D eigenvalue weighted by molar-refractivity contribution is 5.53. The molecule has 1 aromatic carbocycles. The molecule has 0 aliphatic carbocycles. The molecule has 1 N–H and O–H groups in total. The van der Waals surface area contributed by atoms with Gasteiger partial charge in [0.05, 0.1) is 6.07 Å². The van der Waals surface area contributed by atoms with Crippen molar-refractivity contribution in [1.29, 1.82) is 5.26 Å². The van der Waals surface area contributed by atoms with Gasteiger partial charge in [-0.25, -0.2) is 0 Å². The summed E-state index contributed by atoms with van der Waals surface area (Å²) in [6, 6.07) is 8.19. The van der Waals surface area contributed by atoms with Crippen molar-refractivity contribution in [3.63, 3.8) is 0 Å². The van der Waals surface area contributed by atoms with Crippen molar-refractivity contribution < 1.29 is 0 Å². The largest absolute Gasteiger partial charge is 0.370 e. The van der Waals surface area contributed by atoms with Crippen LogP contribution in [0.3, 0.4) is 0 Å². The predicted molar refractivity (Wildman–Crippen MR) is 54.6 cm³/mol. The van der Waals surface area contributed by atoms with Gasteiger partial charge in [-0.2, -0.15) is 5.26 Å². The number of benzene rings is 1. The Morgan fingerprint density at radius 1 is 1.38 bits per heavy atom. The molecular formula is C11H14N2. The normalized spacial score (nSPS) is 11.8. The van der Waals surface area contributed by atoms with Crippen LogP contribution in [0.25, 0.3) is 0 Å². The number of nitriles is 1. The molecule has 2 nitrogen and oxygen atoms in total. The highest BCUT2D eigenvalue weighted by Gasteiger charge is 2.01. The molecule has 0 aliphatic rings. The van der Waals surface area contributed by atoms with Gasteiger partial charge in [0.15, 0.2) is 0 Å². The van der Waals surface area contributed by atoms with E-state index in [-0.39, 0.29) is 6.04 Å². The maximum absolute atomic E-state index is 8.64. The molecule has 0 spiro atoms. The molecule has 1 rings (SSSR count). The van der Waals surface area contributed by atoms with E-state index in [1.54, 1.807) is 0 Å². The third-order valence-electron chi connectivity index (χ3n) is 1.96. The molecule has 13 heavy (non-hydrogen) atoms. The fraction of sp³-hybridized carbons (Fsp3) is 0.364. The first-order valence-electron chi connectivity index (χ1n) is 4.37. The molecular weight excluding hydrogens is 160 g/mol. The van der Waals surface area contributed by atoms with Crippen LogP contribution in [-0.2, 0) is 0 Å². The fourth-order valence-electron chi connectivity index (χ4n) is 1.16. The highest BCUT2D eigenvalue weighted by Crippen LogP contribution is 2.16. The van der Waals surface area contributed by atoms with Crippen LogP contribution >= 0.6 is 0 Å². The van der Waals surface area contributed by atoms with Gasteiger partial charge in [0.25, 0.3) is 0 Å². The van der Waals surface area contributed by atoms with Crippen LogP contribution in [0.1, 0.15) is 18.1 Å². The molecule has 2 heteroatoms. The zero-order chi connectivity index (χ0) is 9.84. The van der Waals surface area contributed by atoms with E-state index >= 15 is 0 Å². The maximum Gasteiger partial charge on any atom is 0.111 e. The Bertz CT molecular complexity index is 336. The van der Waals surface area contributed by atoms with Crippen molar-refractivity contribution in [2.24, 2.45) is 0 Å². The molecule has 0 aromatic heterocycles. The number of hydrogen-bond donors (Lipinski definition) is 1. The van der Waals surface area contributed by atoms with Gasteiger partial charge in [-0.05, 0) is 38.0 Å². The van der Waals surface area contributed by atoms with Gasteiger partial charge in [-0.15, -0.1) is 0 Å². The van der Waals surface area contributed by atoms with Crippen molar-refractivity contribution in [2.75, 3.05) is 5.32 Å². The summed E-state index contributed by atoms with van der Waals surface area (Å²) in [5.41, 5.74) is 3.43. The summed E-state index contributed by atoms with van der Waals surface area (Å²) in [5, 5.41) is 11.8. The monoisotopic (exact) mass is 174 g/mol. The molecule has 0 radical (unpaired) electrons. The van der Waals surface area contributed by atoms with Gasteiger partial charge in [0.2, 0.25) is 0 Å². The summed E-state index contributed by atoms with van der Waals surface area (Å²) in [6.45, 7) is 5.93. The Kier molecular flexibility index (Phi) is 2.92. The fourth-order valence-corrected chi connectivity index (χ4v) is 1.16. The number of rotatable bonds is 2. The molecule has 0 bridgehead atoms. The average molecular weight is 174 g/mol. The van der Waals surface area contributed by atoms with Crippen molar-refractivity contribution in [3.05, 3.63) is 29.3 Å². The van der Waals surface area contributed by atoms with Crippen LogP contribution in [-0.4, -0.2) is 6.04 Å². The van der Waals surface area contributed by atoms with Crippen LogP contribution in [0, 0.1) is 25.2 Å². The second kappa shape index (κ2) is 3.95. The van der Waals surface area contributed by atoms with E-state index in [1.807, 2.05) is 20.8 Å². The zero-order valence-electron chi connectivity index (χ0n) is 8.26. The lowest BCUT2D eigenvalue weighted by atomic mass is 10.1. The van der Waals surface area contributed by atoms with Crippen LogP contribution in [0.4, 0.5) is 5.69 Å². The average Bonchev–Trinajstić information content (AvgIpc) is 2.11. The first-order chi connectivity index (χ1) is 6.13. The zero-order valence-corrected chi connectivity index (χ0v) is 8.26. The molecule has 1 atom stereocenters. The molecule has 0 heterocycles. The first-order valence-corrected chi connectivity index (χ1v) is 4.37. The molecule has 68 valence electrons. The molecule has 0 amide bonds. The van der Waals surface area contributed by atoms with E-state index in [2.05, 4.69) is 29.6 Å². The lowest BCUT2D eigenvalue weighted by molar-refractivity contribution is 1.01. The number of aryl methyl sites for hydroxylation is 2. The summed E-state index contributed by atoms with van der Waals surface area (Å²) in [6.07, 6.45) is 0. The SMILES string of the molecule is Cc1ccc(C)c(NC(C)C#N)c1. The molecule has 0 aliphatic heterocycles. The van der Waals surface area contributed by atoms with Gasteiger partial charge in [-0.1, -0.05) is 12.1 Å². The third kappa shape index (κ3) is 2.48. The van der Waals surface area contributed by atoms with Crippen LogP contribution < -0.4 is 5.32 Å². The minimum absolute atomic E-state index is 0.138. The second-order valence-corrected chi connectivity index (χ2v) is 3.31. The van der Waals surface area contributed by atoms with E-state index < -0.39 is 0 Å². The van der Waals surface area contributed by atoms with Crippen molar-refractivity contribution >= 4 is 5.69 Å². The van der Waals surface area contributed by atoms with E-state index in [0.29, 0.717) is 0 Å². The highest BCUT2D eigenvalue weighted by atomic mass is 14.9. The Morgan fingerprint density at radius 2 is 2.08 bits per heavy atom. The quantitative estimate of drug-likeness (QED) is 0.748. The molecule has 0 fully saturated rings. The van der Waals surface area contributed by atoms with E-state index in [4.69, 9.17) is 5.26 Å². The lowest BCUT2D eigenvalue weighted by Crippen LogP contribution is -2.12. The van der Waals surface area contributed by atoms with Crippen molar-refractivity contribution in [2.45, 2.75) is 26.8 Å². The van der Waals surface area contributed by atoms with Gasteiger partial charge < -0.3 is 5.32 Å². The number of anilines is 1. The number of nitrogens with one attached hydrogen (secondary N) is 1. The third-order valence-corrected chi connectivity index (χ3v) is 1.96. The Balaban J connectivity index is 2.88. The van der Waals surface area contributed by atoms with Gasteiger partial charge >= 0.3 is 0 Å². The van der Waals surface area contributed by atoms with Gasteiger partial charge in [0.1, 0.15) is 6.04 Å². The van der Waals surface area contributed by atoms with Gasteiger partial charge in [0, 0.05) is 5.69 Å². The second-order valence-electron chi connectivity index (χ2n) is 3.31. The smallest absolute Gasteiger partial charge is 0.111 e. The lowest BCUT2D eigenvalue weighted by Gasteiger charge is -2.11. The standard InChI is InChI=1S/C11H14N2/c1-8-4-5-9(2)11(6-8)13-10(3)7-12/h4-6,10,13H,1-3H3. The Labute approximate surface area is 79.2 Å². The van der Waals surface area contributed by atoms with Gasteiger partial charge in [-0.3, -0.25) is 0 Å². The summed E-state index contributed by atoms with van der Waals surface area (Å²) in [5.74, 6) is 0. The predicted octanol–water partition coefficient (Wildman–Crippen LogP) is 2.63. The Hall–Kier alpha value is -1.49. The topological polar surface area (TPSA) is 35.8 Å². The Morgan fingerprint density at radius 3 is 2.69 bits per heavy atom. The molecule has 1 aromatic rings. The molecule has 0 saturated heterocycles.